The molecule has 0 aromatic heterocycles. The third-order valence-electron chi connectivity index (χ3n) is 8.08. The fourth-order valence-corrected chi connectivity index (χ4v) is 5.15. The van der Waals surface area contributed by atoms with Gasteiger partial charge in [0.2, 0.25) is 0 Å². The first-order valence-electron chi connectivity index (χ1n) is 13.8. The molecule has 210 valence electrons. The molecule has 0 amide bonds. The SMILES string of the molecule is COc1cc(NC(C)Cc2ccc(OCC(C)(C)N(C)C)cc2)c(C2CCc3cc(O)ccc3C2)cc1OC. The molecule has 6 heteroatoms. The molecule has 2 unspecified atom stereocenters. The Kier molecular flexibility index (Phi) is 8.96. The monoisotopic (exact) mass is 532 g/mol. The number of aryl methyl sites for hydroxylation is 1. The van der Waals surface area contributed by atoms with Crippen LogP contribution in [0.3, 0.4) is 0 Å². The number of nitrogens with one attached hydrogen (secondary N) is 1. The highest BCUT2D eigenvalue weighted by molar-refractivity contribution is 5.63. The van der Waals surface area contributed by atoms with Crippen molar-refractivity contribution in [3.05, 3.63) is 76.9 Å². The summed E-state index contributed by atoms with van der Waals surface area (Å²) in [6.07, 6.45) is 3.77. The number of phenolic OH excluding ortho intramolecular Hbond substituents is 1. The zero-order chi connectivity index (χ0) is 28.2. The molecule has 1 aliphatic rings. The van der Waals surface area contributed by atoms with Crippen molar-refractivity contribution in [3.63, 3.8) is 0 Å². The minimum Gasteiger partial charge on any atom is -0.508 e. The number of anilines is 1. The molecule has 0 saturated heterocycles. The number of likely N-dealkylation sites (N-methyl/N-ethyl adjacent to an activating group) is 1. The molecule has 6 nitrogen and oxygen atoms in total. The Morgan fingerprint density at radius 3 is 2.33 bits per heavy atom. The van der Waals surface area contributed by atoms with Crippen molar-refractivity contribution in [2.75, 3.05) is 40.2 Å². The van der Waals surface area contributed by atoms with Gasteiger partial charge in [-0.1, -0.05) is 18.2 Å². The highest BCUT2D eigenvalue weighted by Gasteiger charge is 2.25. The number of fused-ring (bicyclic) bond motifs is 1. The first kappa shape index (κ1) is 28.6. The molecule has 0 radical (unpaired) electrons. The minimum atomic E-state index is -0.0313. The molecule has 0 saturated carbocycles. The van der Waals surface area contributed by atoms with Crippen molar-refractivity contribution in [1.82, 2.24) is 4.90 Å². The predicted octanol–water partition coefficient (Wildman–Crippen LogP) is 6.44. The number of hydrogen-bond acceptors (Lipinski definition) is 6. The van der Waals surface area contributed by atoms with E-state index >= 15 is 0 Å². The van der Waals surface area contributed by atoms with Gasteiger partial charge in [-0.25, -0.2) is 0 Å². The molecule has 1 aliphatic carbocycles. The summed E-state index contributed by atoms with van der Waals surface area (Å²) in [5.41, 5.74) is 6.09. The van der Waals surface area contributed by atoms with Crippen molar-refractivity contribution in [3.8, 4) is 23.0 Å². The van der Waals surface area contributed by atoms with Crippen LogP contribution in [-0.2, 0) is 19.3 Å². The highest BCUT2D eigenvalue weighted by Crippen LogP contribution is 2.42. The lowest BCUT2D eigenvalue weighted by molar-refractivity contribution is 0.114. The largest absolute Gasteiger partial charge is 0.508 e. The molecule has 0 aliphatic heterocycles. The van der Waals surface area contributed by atoms with Crippen LogP contribution >= 0.6 is 0 Å². The summed E-state index contributed by atoms with van der Waals surface area (Å²) < 4.78 is 17.4. The van der Waals surface area contributed by atoms with Gasteiger partial charge in [-0.15, -0.1) is 0 Å². The smallest absolute Gasteiger partial charge is 0.162 e. The van der Waals surface area contributed by atoms with Gasteiger partial charge in [-0.05, 0) is 119 Å². The number of benzene rings is 3. The Labute approximate surface area is 233 Å². The molecule has 2 N–H and O–H groups in total. The second-order valence-corrected chi connectivity index (χ2v) is 11.6. The summed E-state index contributed by atoms with van der Waals surface area (Å²) in [6.45, 7) is 7.19. The first-order chi connectivity index (χ1) is 18.6. The number of rotatable bonds is 11. The van der Waals surface area contributed by atoms with Gasteiger partial charge in [0.15, 0.2) is 11.5 Å². The molecule has 3 aromatic carbocycles. The number of phenols is 1. The van der Waals surface area contributed by atoms with Crippen molar-refractivity contribution < 1.29 is 19.3 Å². The Morgan fingerprint density at radius 1 is 0.974 bits per heavy atom. The van der Waals surface area contributed by atoms with E-state index in [9.17, 15) is 5.11 Å². The van der Waals surface area contributed by atoms with E-state index in [4.69, 9.17) is 14.2 Å². The molecule has 0 fully saturated rings. The van der Waals surface area contributed by atoms with Gasteiger partial charge >= 0.3 is 0 Å². The summed E-state index contributed by atoms with van der Waals surface area (Å²) in [7, 11) is 7.51. The zero-order valence-electron chi connectivity index (χ0n) is 24.5. The van der Waals surface area contributed by atoms with Crippen LogP contribution in [0.25, 0.3) is 0 Å². The summed E-state index contributed by atoms with van der Waals surface area (Å²) in [6, 6.07) is 18.6. The van der Waals surface area contributed by atoms with E-state index in [2.05, 4.69) is 87.5 Å². The summed E-state index contributed by atoms with van der Waals surface area (Å²) >= 11 is 0. The second-order valence-electron chi connectivity index (χ2n) is 11.6. The van der Waals surface area contributed by atoms with Gasteiger partial charge in [0, 0.05) is 23.3 Å². The van der Waals surface area contributed by atoms with Crippen LogP contribution in [0.1, 0.15) is 55.4 Å². The maximum absolute atomic E-state index is 9.91. The minimum absolute atomic E-state index is 0.0313. The molecule has 2 atom stereocenters. The maximum atomic E-state index is 9.91. The Hall–Kier alpha value is -3.38. The lowest BCUT2D eigenvalue weighted by Crippen LogP contribution is -2.43. The van der Waals surface area contributed by atoms with Crippen molar-refractivity contribution in [2.24, 2.45) is 0 Å². The van der Waals surface area contributed by atoms with Crippen molar-refractivity contribution in [2.45, 2.75) is 64.0 Å². The highest BCUT2D eigenvalue weighted by atomic mass is 16.5. The van der Waals surface area contributed by atoms with E-state index < -0.39 is 0 Å². The number of aromatic hydroxyl groups is 1. The fourth-order valence-electron chi connectivity index (χ4n) is 5.15. The van der Waals surface area contributed by atoms with Crippen LogP contribution in [0.2, 0.25) is 0 Å². The lowest BCUT2D eigenvalue weighted by Gasteiger charge is -2.32. The Balaban J connectivity index is 1.48. The number of ether oxygens (including phenoxy) is 3. The summed E-state index contributed by atoms with van der Waals surface area (Å²) in [5.74, 6) is 3.04. The van der Waals surface area contributed by atoms with Gasteiger partial charge in [0.25, 0.3) is 0 Å². The normalized spacial score (nSPS) is 15.9. The number of nitrogens with zero attached hydrogens (tertiary/aromatic N) is 1. The van der Waals surface area contributed by atoms with E-state index in [-0.39, 0.29) is 11.6 Å². The standard InChI is InChI=1S/C33H44N2O4/c1-22(16-23-8-14-28(15-9-23)39-21-33(2,3)35(4)5)34-30-20-32(38-7)31(37-6)19-29(30)26-11-10-25-18-27(36)13-12-24(25)17-26/h8-9,12-15,18-20,22,26,34,36H,10-11,16-17,21H2,1-7H3. The Bertz CT molecular complexity index is 1250. The third kappa shape index (κ3) is 6.99. The van der Waals surface area contributed by atoms with Gasteiger partial charge < -0.3 is 29.5 Å². The molecule has 3 aromatic rings. The second kappa shape index (κ2) is 12.2. The first-order valence-corrected chi connectivity index (χ1v) is 13.8. The van der Waals surface area contributed by atoms with Crippen LogP contribution in [0.15, 0.2) is 54.6 Å². The maximum Gasteiger partial charge on any atom is 0.162 e. The molecule has 0 bridgehead atoms. The van der Waals surface area contributed by atoms with Crippen LogP contribution in [0.5, 0.6) is 23.0 Å². The van der Waals surface area contributed by atoms with E-state index in [0.29, 0.717) is 18.3 Å². The number of methoxy groups -OCH3 is 2. The Morgan fingerprint density at radius 2 is 1.67 bits per heavy atom. The lowest BCUT2D eigenvalue weighted by atomic mass is 9.79. The van der Waals surface area contributed by atoms with E-state index in [0.717, 1.165) is 48.6 Å². The molecule has 4 rings (SSSR count). The molecule has 0 heterocycles. The third-order valence-corrected chi connectivity index (χ3v) is 8.08. The van der Waals surface area contributed by atoms with E-state index in [1.807, 2.05) is 6.07 Å². The quantitative estimate of drug-likeness (QED) is 0.296. The van der Waals surface area contributed by atoms with Crippen LogP contribution in [-0.4, -0.2) is 56.5 Å². The average Bonchev–Trinajstić information content (AvgIpc) is 2.92. The average molecular weight is 533 g/mol. The van der Waals surface area contributed by atoms with Crippen molar-refractivity contribution in [1.29, 1.82) is 0 Å². The van der Waals surface area contributed by atoms with E-state index in [1.54, 1.807) is 20.3 Å². The fraction of sp³-hybridized carbons (Fsp3) is 0.455. The van der Waals surface area contributed by atoms with Gasteiger partial charge in [-0.2, -0.15) is 0 Å². The van der Waals surface area contributed by atoms with Gasteiger partial charge in [0.1, 0.15) is 18.1 Å². The van der Waals surface area contributed by atoms with Gasteiger partial charge in [-0.3, -0.25) is 0 Å². The molecule has 39 heavy (non-hydrogen) atoms. The predicted molar refractivity (Wildman–Crippen MR) is 159 cm³/mol. The topological polar surface area (TPSA) is 63.2 Å². The number of hydrogen-bond donors (Lipinski definition) is 2. The van der Waals surface area contributed by atoms with Crippen LogP contribution in [0, 0.1) is 0 Å². The zero-order valence-corrected chi connectivity index (χ0v) is 24.5. The van der Waals surface area contributed by atoms with Crippen LogP contribution < -0.4 is 19.5 Å². The molecular formula is C33H44N2O4. The van der Waals surface area contributed by atoms with Gasteiger partial charge in [0.05, 0.1) is 14.2 Å². The molecular weight excluding hydrogens is 488 g/mol. The van der Waals surface area contributed by atoms with Crippen molar-refractivity contribution >= 4 is 5.69 Å². The van der Waals surface area contributed by atoms with E-state index in [1.165, 1.54) is 22.3 Å². The molecule has 0 spiro atoms. The summed E-state index contributed by atoms with van der Waals surface area (Å²) in [4.78, 5) is 2.17. The van der Waals surface area contributed by atoms with Crippen LogP contribution in [0.4, 0.5) is 5.69 Å². The summed E-state index contributed by atoms with van der Waals surface area (Å²) in [5, 5.41) is 13.7.